The Morgan fingerprint density at radius 2 is 2.21 bits per heavy atom. The van der Waals surface area contributed by atoms with E-state index in [0.717, 1.165) is 18.4 Å². The average molecular weight is 195 g/mol. The lowest BCUT2D eigenvalue weighted by molar-refractivity contribution is 0.372. The Labute approximate surface area is 84.5 Å². The van der Waals surface area contributed by atoms with E-state index in [4.69, 9.17) is 10.5 Å². The van der Waals surface area contributed by atoms with E-state index in [2.05, 4.69) is 6.92 Å². The molecule has 0 aliphatic carbocycles. The summed E-state index contributed by atoms with van der Waals surface area (Å²) in [6.07, 6.45) is 1.98. The van der Waals surface area contributed by atoms with Crippen molar-refractivity contribution in [1.82, 2.24) is 0 Å². The maximum Gasteiger partial charge on any atom is 0.160 e. The van der Waals surface area contributed by atoms with Gasteiger partial charge in [-0.1, -0.05) is 19.4 Å². The number of aromatic hydroxyl groups is 1. The summed E-state index contributed by atoms with van der Waals surface area (Å²) < 4.78 is 5.01. The monoisotopic (exact) mass is 195 g/mol. The second-order valence-corrected chi connectivity index (χ2v) is 3.33. The van der Waals surface area contributed by atoms with Crippen LogP contribution in [0.3, 0.4) is 0 Å². The Balaban J connectivity index is 2.88. The minimum atomic E-state index is 0.0227. The summed E-state index contributed by atoms with van der Waals surface area (Å²) in [4.78, 5) is 0. The summed E-state index contributed by atoms with van der Waals surface area (Å²) >= 11 is 0. The molecule has 1 atom stereocenters. The van der Waals surface area contributed by atoms with Gasteiger partial charge in [0, 0.05) is 6.04 Å². The first kappa shape index (κ1) is 10.9. The van der Waals surface area contributed by atoms with Crippen molar-refractivity contribution < 1.29 is 9.84 Å². The highest BCUT2D eigenvalue weighted by Crippen LogP contribution is 2.29. The number of hydrogen-bond donors (Lipinski definition) is 2. The van der Waals surface area contributed by atoms with Crippen molar-refractivity contribution in [2.24, 2.45) is 5.73 Å². The summed E-state index contributed by atoms with van der Waals surface area (Å²) in [5.74, 6) is 0.633. The standard InChI is InChI=1S/C11H17NO2/c1-3-4-9(12)8-5-6-10(13)11(7-8)14-2/h5-7,9,13H,3-4,12H2,1-2H3. The van der Waals surface area contributed by atoms with Crippen molar-refractivity contribution in [1.29, 1.82) is 0 Å². The summed E-state index contributed by atoms with van der Waals surface area (Å²) in [6, 6.07) is 5.26. The minimum Gasteiger partial charge on any atom is -0.504 e. The highest BCUT2D eigenvalue weighted by atomic mass is 16.5. The minimum absolute atomic E-state index is 0.0227. The predicted octanol–water partition coefficient (Wildman–Crippen LogP) is 2.20. The van der Waals surface area contributed by atoms with Gasteiger partial charge in [-0.2, -0.15) is 0 Å². The number of rotatable bonds is 4. The van der Waals surface area contributed by atoms with E-state index in [1.165, 1.54) is 7.11 Å². The second-order valence-electron chi connectivity index (χ2n) is 3.33. The Bertz CT molecular complexity index is 299. The van der Waals surface area contributed by atoms with Gasteiger partial charge in [0.25, 0.3) is 0 Å². The van der Waals surface area contributed by atoms with Crippen molar-refractivity contribution in [2.45, 2.75) is 25.8 Å². The number of nitrogens with two attached hydrogens (primary N) is 1. The molecular formula is C11H17NO2. The van der Waals surface area contributed by atoms with Crippen molar-refractivity contribution >= 4 is 0 Å². The molecule has 0 bridgehead atoms. The molecular weight excluding hydrogens is 178 g/mol. The first-order valence-electron chi connectivity index (χ1n) is 4.81. The molecule has 0 radical (unpaired) electrons. The first-order chi connectivity index (χ1) is 6.69. The average Bonchev–Trinajstić information content (AvgIpc) is 2.19. The maximum absolute atomic E-state index is 9.38. The highest BCUT2D eigenvalue weighted by molar-refractivity contribution is 5.42. The van der Waals surface area contributed by atoms with Gasteiger partial charge in [-0.3, -0.25) is 0 Å². The molecule has 0 fully saturated rings. The second kappa shape index (κ2) is 4.86. The van der Waals surface area contributed by atoms with E-state index in [1.807, 2.05) is 6.07 Å². The Hall–Kier alpha value is -1.22. The normalized spacial score (nSPS) is 12.5. The van der Waals surface area contributed by atoms with Crippen LogP contribution in [0.2, 0.25) is 0 Å². The quantitative estimate of drug-likeness (QED) is 0.774. The molecule has 0 saturated heterocycles. The van der Waals surface area contributed by atoms with E-state index >= 15 is 0 Å². The number of phenolic OH excluding ortho intramolecular Hbond substituents is 1. The molecule has 1 rings (SSSR count). The molecule has 3 nitrogen and oxygen atoms in total. The molecule has 0 aliphatic heterocycles. The van der Waals surface area contributed by atoms with Crippen LogP contribution in [-0.2, 0) is 0 Å². The lowest BCUT2D eigenvalue weighted by atomic mass is 10.0. The Morgan fingerprint density at radius 3 is 2.79 bits per heavy atom. The summed E-state index contributed by atoms with van der Waals surface area (Å²) in [5, 5.41) is 9.38. The molecule has 1 unspecified atom stereocenters. The van der Waals surface area contributed by atoms with Crippen LogP contribution in [-0.4, -0.2) is 12.2 Å². The number of hydrogen-bond acceptors (Lipinski definition) is 3. The zero-order valence-corrected chi connectivity index (χ0v) is 8.66. The smallest absolute Gasteiger partial charge is 0.160 e. The van der Waals surface area contributed by atoms with Gasteiger partial charge < -0.3 is 15.6 Å². The third-order valence-electron chi connectivity index (χ3n) is 2.23. The van der Waals surface area contributed by atoms with Gasteiger partial charge in [-0.05, 0) is 24.1 Å². The van der Waals surface area contributed by atoms with Gasteiger partial charge >= 0.3 is 0 Å². The summed E-state index contributed by atoms with van der Waals surface area (Å²) in [6.45, 7) is 2.09. The zero-order chi connectivity index (χ0) is 10.6. The van der Waals surface area contributed by atoms with Crippen LogP contribution in [0.15, 0.2) is 18.2 Å². The molecule has 78 valence electrons. The zero-order valence-electron chi connectivity index (χ0n) is 8.66. The van der Waals surface area contributed by atoms with Gasteiger partial charge in [0.15, 0.2) is 11.5 Å². The van der Waals surface area contributed by atoms with Gasteiger partial charge in [-0.25, -0.2) is 0 Å². The molecule has 1 aromatic rings. The number of methoxy groups -OCH3 is 1. The molecule has 3 N–H and O–H groups in total. The first-order valence-corrected chi connectivity index (χ1v) is 4.81. The molecule has 1 aromatic carbocycles. The largest absolute Gasteiger partial charge is 0.504 e. The number of benzene rings is 1. The van der Waals surface area contributed by atoms with Gasteiger partial charge in [-0.15, -0.1) is 0 Å². The third-order valence-corrected chi connectivity index (χ3v) is 2.23. The lowest BCUT2D eigenvalue weighted by Crippen LogP contribution is -2.09. The fourth-order valence-electron chi connectivity index (χ4n) is 1.40. The van der Waals surface area contributed by atoms with E-state index in [1.54, 1.807) is 12.1 Å². The number of phenols is 1. The van der Waals surface area contributed by atoms with E-state index < -0.39 is 0 Å². The van der Waals surface area contributed by atoms with Crippen LogP contribution in [0.5, 0.6) is 11.5 Å². The van der Waals surface area contributed by atoms with Gasteiger partial charge in [0.05, 0.1) is 7.11 Å². The molecule has 0 amide bonds. The molecule has 0 spiro atoms. The number of ether oxygens (including phenoxy) is 1. The van der Waals surface area contributed by atoms with Crippen LogP contribution >= 0.6 is 0 Å². The van der Waals surface area contributed by atoms with E-state index in [-0.39, 0.29) is 11.8 Å². The molecule has 0 aromatic heterocycles. The van der Waals surface area contributed by atoms with Crippen molar-refractivity contribution in [3.05, 3.63) is 23.8 Å². The topological polar surface area (TPSA) is 55.5 Å². The SMILES string of the molecule is CCCC(N)c1ccc(O)c(OC)c1. The van der Waals surface area contributed by atoms with Crippen LogP contribution in [0.25, 0.3) is 0 Å². The third kappa shape index (κ3) is 2.39. The Kier molecular flexibility index (Phi) is 3.77. The van der Waals surface area contributed by atoms with Crippen molar-refractivity contribution in [3.63, 3.8) is 0 Å². The molecule has 14 heavy (non-hydrogen) atoms. The fourth-order valence-corrected chi connectivity index (χ4v) is 1.40. The van der Waals surface area contributed by atoms with E-state index in [9.17, 15) is 5.11 Å². The van der Waals surface area contributed by atoms with Crippen LogP contribution in [0.1, 0.15) is 31.4 Å². The van der Waals surface area contributed by atoms with Crippen LogP contribution < -0.4 is 10.5 Å². The van der Waals surface area contributed by atoms with Gasteiger partial charge in [0.1, 0.15) is 0 Å². The maximum atomic E-state index is 9.38. The Morgan fingerprint density at radius 1 is 1.50 bits per heavy atom. The van der Waals surface area contributed by atoms with Crippen molar-refractivity contribution in [3.8, 4) is 11.5 Å². The summed E-state index contributed by atoms with van der Waals surface area (Å²) in [7, 11) is 1.53. The van der Waals surface area contributed by atoms with Crippen molar-refractivity contribution in [2.75, 3.05) is 7.11 Å². The van der Waals surface area contributed by atoms with Crippen LogP contribution in [0.4, 0.5) is 0 Å². The lowest BCUT2D eigenvalue weighted by Gasteiger charge is -2.12. The molecule has 0 heterocycles. The highest BCUT2D eigenvalue weighted by Gasteiger charge is 2.08. The molecule has 0 aliphatic rings. The fraction of sp³-hybridized carbons (Fsp3) is 0.455. The van der Waals surface area contributed by atoms with Gasteiger partial charge in [0.2, 0.25) is 0 Å². The molecule has 3 heteroatoms. The predicted molar refractivity (Wildman–Crippen MR) is 56.5 cm³/mol. The molecule has 0 saturated carbocycles. The van der Waals surface area contributed by atoms with Crippen LogP contribution in [0, 0.1) is 0 Å². The van der Waals surface area contributed by atoms with E-state index in [0.29, 0.717) is 5.75 Å². The summed E-state index contributed by atoms with van der Waals surface area (Å²) in [5.41, 5.74) is 6.94.